The van der Waals surface area contributed by atoms with Crippen LogP contribution in [-0.2, 0) is 68.4 Å². The van der Waals surface area contributed by atoms with Crippen LogP contribution in [0.1, 0.15) is 33.3 Å². The van der Waals surface area contributed by atoms with E-state index in [1.165, 1.54) is 0 Å². The van der Waals surface area contributed by atoms with Crippen molar-refractivity contribution >= 4 is 64.8 Å². The molecule has 0 radical (unpaired) electrons. The van der Waals surface area contributed by atoms with Crippen LogP contribution in [0.5, 0.6) is 0 Å². The number of aliphatic hydroxyl groups is 2. The summed E-state index contributed by atoms with van der Waals surface area (Å²) in [4.78, 5) is 60.8. The SMILES string of the molecule is CC(=O)OC[C@H]1O[C@@H](O[C@H]2[C@H](O)[C@@H](NC(=O)OCC(Cl)(Cl)Cl)[C@H](O)O[C@@H]2COCc2ccccc2)[C@H](OC(C)=O)[C@@H](OC(C)=O)[C@H]1OC(C)=O. The molecule has 3 N–H and O–H groups in total. The molecule has 2 saturated heterocycles. The lowest BCUT2D eigenvalue weighted by molar-refractivity contribution is -0.347. The number of benzene rings is 1. The summed E-state index contributed by atoms with van der Waals surface area (Å²) in [6.45, 7) is 2.76. The number of halogens is 3. The molecule has 280 valence electrons. The van der Waals surface area contributed by atoms with Gasteiger partial charge in [-0.2, -0.15) is 0 Å². The first-order chi connectivity index (χ1) is 23.4. The molecule has 0 aliphatic carbocycles. The second-order valence-corrected chi connectivity index (χ2v) is 13.6. The van der Waals surface area contributed by atoms with Crippen molar-refractivity contribution in [1.29, 1.82) is 0 Å². The predicted molar refractivity (Wildman–Crippen MR) is 168 cm³/mol. The summed E-state index contributed by atoms with van der Waals surface area (Å²) < 4.78 is 47.8. The average molecular weight is 775 g/mol. The number of amides is 1. The molecule has 0 aromatic heterocycles. The van der Waals surface area contributed by atoms with Crippen LogP contribution in [0, 0.1) is 0 Å². The van der Waals surface area contributed by atoms with Gasteiger partial charge in [0.2, 0.25) is 3.79 Å². The molecule has 2 fully saturated rings. The maximum absolute atomic E-state index is 12.5. The Morgan fingerprint density at radius 3 is 1.92 bits per heavy atom. The third-order valence-electron chi connectivity index (χ3n) is 6.98. The number of ether oxygens (including phenoxy) is 9. The maximum Gasteiger partial charge on any atom is 0.407 e. The number of rotatable bonds is 13. The Bertz CT molecular complexity index is 1320. The number of carbonyl (C=O) groups is 5. The normalized spacial score (nSPS) is 29.6. The van der Waals surface area contributed by atoms with Crippen molar-refractivity contribution in [3.63, 3.8) is 0 Å². The molecule has 2 aliphatic rings. The van der Waals surface area contributed by atoms with Crippen molar-refractivity contribution in [3.8, 4) is 0 Å². The Morgan fingerprint density at radius 1 is 0.760 bits per heavy atom. The largest absolute Gasteiger partial charge is 0.463 e. The van der Waals surface area contributed by atoms with E-state index in [4.69, 9.17) is 77.4 Å². The zero-order valence-corrected chi connectivity index (χ0v) is 29.5. The molecule has 1 amide bonds. The van der Waals surface area contributed by atoms with Crippen molar-refractivity contribution < 1.29 is 76.8 Å². The summed E-state index contributed by atoms with van der Waals surface area (Å²) in [5.74, 6) is -3.37. The molecule has 0 bridgehead atoms. The lowest BCUT2D eigenvalue weighted by Gasteiger charge is -2.48. The van der Waals surface area contributed by atoms with Gasteiger partial charge in [0, 0.05) is 27.7 Å². The molecule has 2 heterocycles. The van der Waals surface area contributed by atoms with Crippen LogP contribution in [0.2, 0.25) is 0 Å². The van der Waals surface area contributed by atoms with Crippen LogP contribution in [0.25, 0.3) is 0 Å². The van der Waals surface area contributed by atoms with Gasteiger partial charge in [0.05, 0.1) is 13.2 Å². The van der Waals surface area contributed by atoms with Crippen molar-refractivity contribution in [2.24, 2.45) is 0 Å². The Hall–Kier alpha value is -3.00. The number of alkyl carbamates (subject to hydrolysis) is 1. The Kier molecular flexibility index (Phi) is 15.7. The molecule has 1 aromatic rings. The van der Waals surface area contributed by atoms with Gasteiger partial charge in [0.1, 0.15) is 43.7 Å². The van der Waals surface area contributed by atoms with Gasteiger partial charge in [0.15, 0.2) is 30.9 Å². The van der Waals surface area contributed by atoms with E-state index in [1.807, 2.05) is 6.07 Å². The van der Waals surface area contributed by atoms with Crippen LogP contribution in [-0.4, -0.2) is 125 Å². The zero-order valence-electron chi connectivity index (χ0n) is 27.2. The Balaban J connectivity index is 1.98. The van der Waals surface area contributed by atoms with Crippen molar-refractivity contribution in [2.45, 2.75) is 99.4 Å². The van der Waals surface area contributed by atoms with Gasteiger partial charge < -0.3 is 58.2 Å². The van der Waals surface area contributed by atoms with Gasteiger partial charge >= 0.3 is 30.0 Å². The van der Waals surface area contributed by atoms with Crippen molar-refractivity contribution in [3.05, 3.63) is 35.9 Å². The molecule has 50 heavy (non-hydrogen) atoms. The van der Waals surface area contributed by atoms with E-state index in [2.05, 4.69) is 5.32 Å². The number of carbonyl (C=O) groups excluding carboxylic acids is 5. The van der Waals surface area contributed by atoms with E-state index in [9.17, 15) is 34.2 Å². The fourth-order valence-electron chi connectivity index (χ4n) is 5.04. The zero-order chi connectivity index (χ0) is 37.2. The number of nitrogens with one attached hydrogen (secondary N) is 1. The lowest BCUT2D eigenvalue weighted by atomic mass is 9.95. The van der Waals surface area contributed by atoms with Gasteiger partial charge in [-0.25, -0.2) is 4.79 Å². The van der Waals surface area contributed by atoms with Gasteiger partial charge in [-0.15, -0.1) is 0 Å². The monoisotopic (exact) mass is 773 g/mol. The van der Waals surface area contributed by atoms with Crippen molar-refractivity contribution in [2.75, 3.05) is 19.8 Å². The smallest absolute Gasteiger partial charge is 0.407 e. The summed E-state index contributed by atoms with van der Waals surface area (Å²) in [5, 5.41) is 24.6. The number of hydrogen-bond acceptors (Lipinski definition) is 16. The molecule has 1 aromatic carbocycles. The van der Waals surface area contributed by atoms with Gasteiger partial charge in [-0.3, -0.25) is 19.2 Å². The molecule has 10 atom stereocenters. The molecular weight excluding hydrogens is 737 g/mol. The fraction of sp³-hybridized carbons (Fsp3) is 0.633. The second-order valence-electron chi connectivity index (χ2n) is 11.1. The lowest BCUT2D eigenvalue weighted by Crippen LogP contribution is -2.68. The van der Waals surface area contributed by atoms with Gasteiger partial charge in [-0.05, 0) is 5.56 Å². The minimum Gasteiger partial charge on any atom is -0.463 e. The molecule has 17 nitrogen and oxygen atoms in total. The average Bonchev–Trinajstić information content (AvgIpc) is 3.01. The first kappa shape index (κ1) is 41.4. The third-order valence-corrected chi connectivity index (χ3v) is 7.30. The number of alkyl halides is 3. The Labute approximate surface area is 301 Å². The first-order valence-corrected chi connectivity index (χ1v) is 16.2. The van der Waals surface area contributed by atoms with E-state index in [1.54, 1.807) is 24.3 Å². The topological polar surface area (TPSA) is 221 Å². The van der Waals surface area contributed by atoms with Crippen LogP contribution in [0.4, 0.5) is 4.79 Å². The van der Waals surface area contributed by atoms with E-state index >= 15 is 0 Å². The summed E-state index contributed by atoms with van der Waals surface area (Å²) in [6.07, 6.45) is -15.7. The van der Waals surface area contributed by atoms with Gasteiger partial charge in [-0.1, -0.05) is 65.1 Å². The quantitative estimate of drug-likeness (QED) is 0.146. The van der Waals surface area contributed by atoms with E-state index in [-0.39, 0.29) is 13.2 Å². The maximum atomic E-state index is 12.5. The Morgan fingerprint density at radius 2 is 1.34 bits per heavy atom. The summed E-state index contributed by atoms with van der Waals surface area (Å²) >= 11 is 16.9. The van der Waals surface area contributed by atoms with E-state index in [0.717, 1.165) is 33.3 Å². The van der Waals surface area contributed by atoms with E-state index in [0.29, 0.717) is 0 Å². The predicted octanol–water partition coefficient (Wildman–Crippen LogP) is 1.21. The highest BCUT2D eigenvalue weighted by atomic mass is 35.6. The minimum atomic E-state index is -1.97. The molecular formula is C30H38Cl3NO16. The van der Waals surface area contributed by atoms with Crippen LogP contribution >= 0.6 is 34.8 Å². The number of esters is 4. The molecule has 0 saturated carbocycles. The molecule has 2 aliphatic heterocycles. The van der Waals surface area contributed by atoms with Gasteiger partial charge in [0.25, 0.3) is 0 Å². The van der Waals surface area contributed by atoms with Crippen LogP contribution < -0.4 is 5.32 Å². The first-order valence-electron chi connectivity index (χ1n) is 15.0. The fourth-order valence-corrected chi connectivity index (χ4v) is 5.20. The van der Waals surface area contributed by atoms with Crippen LogP contribution in [0.15, 0.2) is 30.3 Å². The minimum absolute atomic E-state index is 0.0731. The summed E-state index contributed by atoms with van der Waals surface area (Å²) in [6, 6.07) is 7.33. The molecule has 3 rings (SSSR count). The highest BCUT2D eigenvalue weighted by Crippen LogP contribution is 2.33. The van der Waals surface area contributed by atoms with Crippen molar-refractivity contribution in [1.82, 2.24) is 5.32 Å². The van der Waals surface area contributed by atoms with Crippen LogP contribution in [0.3, 0.4) is 0 Å². The number of aliphatic hydroxyl groups excluding tert-OH is 2. The second kappa shape index (κ2) is 19.0. The molecule has 20 heteroatoms. The molecule has 0 spiro atoms. The highest BCUT2D eigenvalue weighted by Gasteiger charge is 2.56. The highest BCUT2D eigenvalue weighted by molar-refractivity contribution is 6.67. The standard InChI is InChI=1S/C30H38Cl3NO16/c1-14(35)43-12-20-24(45-15(2)36)25(46-16(3)37)26(47-17(4)38)28(49-20)50-23-19(11-42-10-18-8-6-5-7-9-18)48-27(40)21(22(23)39)34-29(41)44-13-30(31,32)33/h5-9,19-28,39-40H,10-13H2,1-4H3,(H,34,41)/t19-,20-,21-,22-,23-,24+,25+,26-,27-,28+/m1/s1. The summed E-state index contributed by atoms with van der Waals surface area (Å²) in [7, 11) is 0. The number of hydrogen-bond donors (Lipinski definition) is 3. The third kappa shape index (κ3) is 13.0. The summed E-state index contributed by atoms with van der Waals surface area (Å²) in [5.41, 5.74) is 0.776. The van der Waals surface area contributed by atoms with E-state index < -0.39 is 108 Å². The molecule has 0 unspecified atom stereocenters.